The van der Waals surface area contributed by atoms with Crippen LogP contribution in [0.3, 0.4) is 0 Å². The molecule has 1 unspecified atom stereocenters. The van der Waals surface area contributed by atoms with Crippen molar-refractivity contribution in [3.63, 3.8) is 0 Å². The van der Waals surface area contributed by atoms with E-state index in [2.05, 4.69) is 22.1 Å². The van der Waals surface area contributed by atoms with E-state index in [1.807, 2.05) is 0 Å². The molecule has 1 N–H and O–H groups in total. The Balaban J connectivity index is 1.67. The first-order valence-electron chi connectivity index (χ1n) is 7.72. The minimum atomic E-state index is -0.180. The molecule has 116 valence electrons. The van der Waals surface area contributed by atoms with Crippen LogP contribution in [0.25, 0.3) is 0 Å². The van der Waals surface area contributed by atoms with Crippen molar-refractivity contribution in [1.82, 2.24) is 15.2 Å². The van der Waals surface area contributed by atoms with E-state index in [1.54, 1.807) is 25.4 Å². The molecule has 0 spiro atoms. The summed E-state index contributed by atoms with van der Waals surface area (Å²) in [6.45, 7) is 6.53. The van der Waals surface area contributed by atoms with Crippen molar-refractivity contribution in [2.24, 2.45) is 5.92 Å². The van der Waals surface area contributed by atoms with Gasteiger partial charge in [0.1, 0.15) is 11.4 Å². The van der Waals surface area contributed by atoms with E-state index in [0.29, 0.717) is 12.3 Å². The van der Waals surface area contributed by atoms with Gasteiger partial charge in [-0.15, -0.1) is 0 Å². The number of hydrogen-bond donors (Lipinski definition) is 1. The van der Waals surface area contributed by atoms with Crippen LogP contribution >= 0.6 is 0 Å². The molecule has 0 bridgehead atoms. The number of nitrogens with zero attached hydrogens (tertiary/aromatic N) is 2. The van der Waals surface area contributed by atoms with Gasteiger partial charge in [0, 0.05) is 20.1 Å². The minimum absolute atomic E-state index is 0.180. The lowest BCUT2D eigenvalue weighted by Gasteiger charge is -2.30. The standard InChI is InChI=1S/C16H25N3O2/c1-13-5-3-8-19(12-13)9-4-10-21-14-6-7-15(18-11-14)16(20)17-2/h6-7,11,13H,3-5,8-10,12H2,1-2H3,(H,17,20). The van der Waals surface area contributed by atoms with Crippen LogP contribution in [0.4, 0.5) is 0 Å². The number of likely N-dealkylation sites (tertiary alicyclic amines) is 1. The Kier molecular flexibility index (Phi) is 5.99. The van der Waals surface area contributed by atoms with E-state index < -0.39 is 0 Å². The second-order valence-corrected chi connectivity index (χ2v) is 5.71. The van der Waals surface area contributed by atoms with Crippen LogP contribution < -0.4 is 10.1 Å². The molecule has 2 rings (SSSR count). The molecule has 1 aliphatic rings. The van der Waals surface area contributed by atoms with E-state index in [9.17, 15) is 4.79 Å². The number of ether oxygens (including phenoxy) is 1. The third-order valence-corrected chi connectivity index (χ3v) is 3.82. The Bertz CT molecular complexity index is 447. The molecule has 0 aromatic carbocycles. The normalized spacial score (nSPS) is 19.2. The van der Waals surface area contributed by atoms with Crippen molar-refractivity contribution in [2.75, 3.05) is 33.3 Å². The third kappa shape index (κ3) is 5.01. The number of rotatable bonds is 6. The van der Waals surface area contributed by atoms with E-state index in [1.165, 1.54) is 25.9 Å². The molecule has 1 aromatic heterocycles. The van der Waals surface area contributed by atoms with Crippen LogP contribution in [0.5, 0.6) is 5.75 Å². The van der Waals surface area contributed by atoms with Gasteiger partial charge in [0.05, 0.1) is 12.8 Å². The largest absolute Gasteiger partial charge is 0.492 e. The van der Waals surface area contributed by atoms with Gasteiger partial charge in [-0.1, -0.05) is 6.92 Å². The molecule has 1 atom stereocenters. The molecule has 1 aliphatic heterocycles. The molecule has 1 saturated heterocycles. The fraction of sp³-hybridized carbons (Fsp3) is 0.625. The monoisotopic (exact) mass is 291 g/mol. The third-order valence-electron chi connectivity index (χ3n) is 3.82. The highest BCUT2D eigenvalue weighted by atomic mass is 16.5. The quantitative estimate of drug-likeness (QED) is 0.814. The molecule has 21 heavy (non-hydrogen) atoms. The average molecular weight is 291 g/mol. The molecule has 0 saturated carbocycles. The van der Waals surface area contributed by atoms with Gasteiger partial charge < -0.3 is 15.0 Å². The minimum Gasteiger partial charge on any atom is -0.492 e. The van der Waals surface area contributed by atoms with Crippen LogP contribution in [0.15, 0.2) is 18.3 Å². The molecule has 0 radical (unpaired) electrons. The van der Waals surface area contributed by atoms with Crippen molar-refractivity contribution < 1.29 is 9.53 Å². The van der Waals surface area contributed by atoms with Gasteiger partial charge in [-0.3, -0.25) is 4.79 Å². The zero-order valence-electron chi connectivity index (χ0n) is 13.0. The summed E-state index contributed by atoms with van der Waals surface area (Å²) in [6, 6.07) is 3.47. The second-order valence-electron chi connectivity index (χ2n) is 5.71. The lowest BCUT2D eigenvalue weighted by molar-refractivity contribution is 0.0958. The molecule has 0 aliphatic carbocycles. The van der Waals surface area contributed by atoms with Crippen LogP contribution in [-0.2, 0) is 0 Å². The molecule has 2 heterocycles. The van der Waals surface area contributed by atoms with Gasteiger partial charge in [0.15, 0.2) is 0 Å². The zero-order valence-corrected chi connectivity index (χ0v) is 13.0. The molecule has 1 fully saturated rings. The van der Waals surface area contributed by atoms with Gasteiger partial charge in [0.25, 0.3) is 5.91 Å². The molecule has 5 heteroatoms. The maximum Gasteiger partial charge on any atom is 0.269 e. The molecular weight excluding hydrogens is 266 g/mol. The number of carbonyl (C=O) groups excluding carboxylic acids is 1. The Hall–Kier alpha value is -1.62. The van der Waals surface area contributed by atoms with Crippen molar-refractivity contribution >= 4 is 5.91 Å². The zero-order chi connectivity index (χ0) is 15.1. The van der Waals surface area contributed by atoms with Gasteiger partial charge >= 0.3 is 0 Å². The predicted molar refractivity (Wildman–Crippen MR) is 82.6 cm³/mol. The first kappa shape index (κ1) is 15.8. The van der Waals surface area contributed by atoms with E-state index in [4.69, 9.17) is 4.74 Å². The Morgan fingerprint density at radius 2 is 2.38 bits per heavy atom. The van der Waals surface area contributed by atoms with Gasteiger partial charge in [0.2, 0.25) is 0 Å². The smallest absolute Gasteiger partial charge is 0.269 e. The van der Waals surface area contributed by atoms with Crippen molar-refractivity contribution in [3.8, 4) is 5.75 Å². The summed E-state index contributed by atoms with van der Waals surface area (Å²) in [7, 11) is 1.59. The van der Waals surface area contributed by atoms with Crippen molar-refractivity contribution in [1.29, 1.82) is 0 Å². The van der Waals surface area contributed by atoms with Gasteiger partial charge in [-0.2, -0.15) is 0 Å². The number of hydrogen-bond acceptors (Lipinski definition) is 4. The number of aromatic nitrogens is 1. The fourth-order valence-electron chi connectivity index (χ4n) is 2.70. The lowest BCUT2D eigenvalue weighted by Crippen LogP contribution is -2.35. The Labute approximate surface area is 126 Å². The number of pyridine rings is 1. The summed E-state index contributed by atoms with van der Waals surface area (Å²) in [4.78, 5) is 18.0. The summed E-state index contributed by atoms with van der Waals surface area (Å²) in [5.74, 6) is 1.36. The molecular formula is C16H25N3O2. The van der Waals surface area contributed by atoms with Crippen molar-refractivity contribution in [2.45, 2.75) is 26.2 Å². The van der Waals surface area contributed by atoms with Gasteiger partial charge in [-0.25, -0.2) is 4.98 Å². The summed E-state index contributed by atoms with van der Waals surface area (Å²) < 4.78 is 5.67. The predicted octanol–water partition coefficient (Wildman–Crippen LogP) is 1.94. The topological polar surface area (TPSA) is 54.5 Å². The maximum atomic E-state index is 11.4. The van der Waals surface area contributed by atoms with Gasteiger partial charge in [-0.05, 0) is 43.9 Å². The highest BCUT2D eigenvalue weighted by molar-refractivity contribution is 5.91. The maximum absolute atomic E-state index is 11.4. The summed E-state index contributed by atoms with van der Waals surface area (Å²) in [5, 5.41) is 2.55. The number of carbonyl (C=O) groups is 1. The first-order chi connectivity index (χ1) is 10.2. The summed E-state index contributed by atoms with van der Waals surface area (Å²) >= 11 is 0. The van der Waals surface area contributed by atoms with Crippen LogP contribution in [0, 0.1) is 5.92 Å². The Morgan fingerprint density at radius 3 is 3.05 bits per heavy atom. The molecule has 5 nitrogen and oxygen atoms in total. The Morgan fingerprint density at radius 1 is 1.52 bits per heavy atom. The van der Waals surface area contributed by atoms with E-state index in [0.717, 1.165) is 24.6 Å². The molecule has 1 aromatic rings. The highest BCUT2D eigenvalue weighted by Crippen LogP contribution is 2.15. The first-order valence-corrected chi connectivity index (χ1v) is 7.72. The highest BCUT2D eigenvalue weighted by Gasteiger charge is 2.15. The fourth-order valence-corrected chi connectivity index (χ4v) is 2.70. The van der Waals surface area contributed by atoms with E-state index in [-0.39, 0.29) is 5.91 Å². The number of piperidine rings is 1. The second kappa shape index (κ2) is 7.98. The van der Waals surface area contributed by atoms with E-state index >= 15 is 0 Å². The average Bonchev–Trinajstić information content (AvgIpc) is 2.51. The van der Waals surface area contributed by atoms with Crippen LogP contribution in [-0.4, -0.2) is 49.1 Å². The van der Waals surface area contributed by atoms with Crippen molar-refractivity contribution in [3.05, 3.63) is 24.0 Å². The number of amides is 1. The lowest BCUT2D eigenvalue weighted by atomic mass is 10.0. The van der Waals surface area contributed by atoms with Crippen LogP contribution in [0.2, 0.25) is 0 Å². The molecule has 1 amide bonds. The summed E-state index contributed by atoms with van der Waals surface area (Å²) in [5.41, 5.74) is 0.409. The SMILES string of the molecule is CNC(=O)c1ccc(OCCCN2CCCC(C)C2)cn1. The van der Waals surface area contributed by atoms with Crippen LogP contribution in [0.1, 0.15) is 36.7 Å². The summed E-state index contributed by atoms with van der Waals surface area (Å²) in [6.07, 6.45) is 5.29. The number of nitrogens with one attached hydrogen (secondary N) is 1.